The monoisotopic (exact) mass is 887 g/mol. The number of carbonyl (C=O) groups excluding carboxylic acids is 1. The maximum absolute atomic E-state index is 13.8. The van der Waals surface area contributed by atoms with Gasteiger partial charge in [-0.25, -0.2) is 4.79 Å². The molecule has 15 nitrogen and oxygen atoms in total. The van der Waals surface area contributed by atoms with Crippen LogP contribution in [0.1, 0.15) is 53.4 Å². The van der Waals surface area contributed by atoms with Crippen molar-refractivity contribution in [3.8, 4) is 22.6 Å². The third-order valence-electron chi connectivity index (χ3n) is 11.6. The Morgan fingerprint density at radius 2 is 1.85 bits per heavy atom. The molecule has 0 radical (unpaired) electrons. The molecular weight excluding hydrogens is 839 g/mol. The minimum atomic E-state index is -2.66. The SMILES string of the molecule is CCc1ccccc1/C=C/C[C@H](C)[C@H]1CN[C@@H](O)[C@]2(O)[C@H](Oc3ccc4c(=O)c(-c5ccc(O)cc5)c(C(N)=O)oc4c3)O[C@H](C(=O)O)[C@@H](O)[C@@H]2OCSSC[C@H]1c1cc[nH]c1. The predicted octanol–water partition coefficient (Wildman–Crippen LogP) is 5.22. The van der Waals surface area contributed by atoms with Crippen molar-refractivity contribution in [2.75, 3.05) is 18.2 Å². The largest absolute Gasteiger partial charge is 0.508 e. The summed E-state index contributed by atoms with van der Waals surface area (Å²) in [5.41, 5.74) is 5.77. The number of nitrogens with two attached hydrogens (primary N) is 1. The van der Waals surface area contributed by atoms with E-state index in [4.69, 9.17) is 24.4 Å². The van der Waals surface area contributed by atoms with E-state index in [1.165, 1.54) is 69.6 Å². The number of H-pyrrole nitrogens is 1. The number of aryl methyl sites for hydroxylation is 1. The number of fused-ring (bicyclic) bond motifs is 2. The van der Waals surface area contributed by atoms with Crippen LogP contribution in [0.3, 0.4) is 0 Å². The fourth-order valence-electron chi connectivity index (χ4n) is 8.21. The van der Waals surface area contributed by atoms with Crippen molar-refractivity contribution in [3.63, 3.8) is 0 Å². The number of carbonyl (C=O) groups is 2. The van der Waals surface area contributed by atoms with E-state index in [1.54, 1.807) is 0 Å². The molecule has 0 aliphatic carbocycles. The molecule has 5 aromatic rings. The van der Waals surface area contributed by atoms with Crippen molar-refractivity contribution in [2.24, 2.45) is 17.6 Å². The molecule has 4 heterocycles. The van der Waals surface area contributed by atoms with Gasteiger partial charge in [0.25, 0.3) is 5.91 Å². The van der Waals surface area contributed by atoms with Gasteiger partial charge in [0.05, 0.1) is 10.9 Å². The van der Waals surface area contributed by atoms with E-state index in [2.05, 4.69) is 48.4 Å². The minimum Gasteiger partial charge on any atom is -0.508 e. The average Bonchev–Trinajstić information content (AvgIpc) is 3.79. The third-order valence-corrected chi connectivity index (χ3v) is 13.7. The van der Waals surface area contributed by atoms with Gasteiger partial charge in [-0.2, -0.15) is 0 Å². The molecule has 2 aliphatic heterocycles. The topological polar surface area (TPSA) is 247 Å². The number of aromatic nitrogens is 1. The molecule has 7 rings (SSSR count). The number of rotatable bonds is 11. The molecule has 0 spiro atoms. The Balaban J connectivity index is 1.22. The highest BCUT2D eigenvalue weighted by atomic mass is 33.1. The Morgan fingerprint density at radius 3 is 2.56 bits per heavy atom. The van der Waals surface area contributed by atoms with Crippen molar-refractivity contribution >= 4 is 50.5 Å². The molecule has 17 heteroatoms. The van der Waals surface area contributed by atoms with Crippen LogP contribution in [-0.4, -0.2) is 97.1 Å². The number of hydrogen-bond donors (Lipinski definition) is 8. The lowest BCUT2D eigenvalue weighted by Crippen LogP contribution is -2.75. The van der Waals surface area contributed by atoms with E-state index in [-0.39, 0.29) is 63.8 Å². The molecule has 0 bridgehead atoms. The van der Waals surface area contributed by atoms with E-state index in [0.717, 1.165) is 17.5 Å². The summed E-state index contributed by atoms with van der Waals surface area (Å²) < 4.78 is 23.8. The first-order valence-electron chi connectivity index (χ1n) is 20.1. The Morgan fingerprint density at radius 1 is 1.08 bits per heavy atom. The molecule has 62 heavy (non-hydrogen) atoms. The molecule has 2 fully saturated rings. The number of aromatic hydroxyl groups is 1. The summed E-state index contributed by atoms with van der Waals surface area (Å²) in [5, 5.41) is 59.2. The first-order chi connectivity index (χ1) is 29.8. The van der Waals surface area contributed by atoms with E-state index in [1.807, 2.05) is 30.6 Å². The summed E-state index contributed by atoms with van der Waals surface area (Å²) in [4.78, 5) is 42.0. The number of benzene rings is 3. The zero-order valence-electron chi connectivity index (χ0n) is 33.9. The Kier molecular flexibility index (Phi) is 14.1. The molecule has 0 saturated carbocycles. The summed E-state index contributed by atoms with van der Waals surface area (Å²) >= 11 is 0. The second kappa shape index (κ2) is 19.5. The number of primary amides is 1. The van der Waals surface area contributed by atoms with E-state index < -0.39 is 59.5 Å². The lowest BCUT2D eigenvalue weighted by molar-refractivity contribution is -0.342. The Hall–Kier alpha value is -5.11. The number of carboxylic acid groups (broad SMARTS) is 1. The van der Waals surface area contributed by atoms with Gasteiger partial charge in [-0.05, 0) is 83.2 Å². The van der Waals surface area contributed by atoms with Crippen molar-refractivity contribution in [3.05, 3.63) is 124 Å². The van der Waals surface area contributed by atoms with E-state index in [0.29, 0.717) is 12.2 Å². The lowest BCUT2D eigenvalue weighted by atomic mass is 9.78. The standard InChI is InChI=1S/C45H49N3O12S2/c1-3-25-8-4-5-9-26(25)10-6-7-24(2)32-21-48-43(55)45(56)40(57-23-62-61-22-33(32)28-17-18-47-20-28)37(51)39(42(53)54)60-44(45)58-30-15-16-31-34(19-30)59-38(41(46)52)35(36(31)50)27-11-13-29(49)14-12-27/h4-6,8-20,24,32-33,37,39-40,43-44,47-49,51,55-56H,3,7,21-23H2,1-2H3,(H2,46,52)(H,53,54)/b10-6+/t24-,32+,33-,37+,39-,40-,43-,44+,45-/m0/s1. The number of phenolic OH excluding ortho intramolecular Hbond substituents is 1. The van der Waals surface area contributed by atoms with Gasteiger partial charge in [0.15, 0.2) is 11.7 Å². The molecule has 1 amide bonds. The number of aromatic amines is 1. The van der Waals surface area contributed by atoms with Crippen LogP contribution >= 0.6 is 21.6 Å². The zero-order chi connectivity index (χ0) is 44.1. The fourth-order valence-corrected chi connectivity index (χ4v) is 10.3. The normalized spacial score (nSPS) is 26.6. The molecule has 9 atom stereocenters. The molecule has 3 aromatic carbocycles. The smallest absolute Gasteiger partial charge is 0.335 e. The molecule has 2 saturated heterocycles. The number of carboxylic acids is 1. The van der Waals surface area contributed by atoms with Gasteiger partial charge in [0, 0.05) is 30.8 Å². The Labute approximate surface area is 364 Å². The van der Waals surface area contributed by atoms with Crippen LogP contribution < -0.4 is 21.2 Å². The quantitative estimate of drug-likeness (QED) is 0.0793. The van der Waals surface area contributed by atoms with Gasteiger partial charge in [-0.3, -0.25) is 14.9 Å². The first kappa shape index (κ1) is 44.9. The summed E-state index contributed by atoms with van der Waals surface area (Å²) in [6.45, 7) is 4.40. The van der Waals surface area contributed by atoms with Crippen molar-refractivity contribution in [1.82, 2.24) is 10.3 Å². The zero-order valence-corrected chi connectivity index (χ0v) is 35.5. The molecule has 2 aromatic heterocycles. The van der Waals surface area contributed by atoms with Crippen LogP contribution in [0.2, 0.25) is 0 Å². The van der Waals surface area contributed by atoms with Crippen LogP contribution in [0, 0.1) is 11.8 Å². The number of allylic oxidation sites excluding steroid dienone is 1. The Bertz CT molecular complexity index is 2450. The average molecular weight is 888 g/mol. The lowest BCUT2D eigenvalue weighted by Gasteiger charge is -2.50. The van der Waals surface area contributed by atoms with Crippen molar-refractivity contribution in [2.45, 2.75) is 69.0 Å². The number of nitrogens with one attached hydrogen (secondary N) is 2. The number of ether oxygens (including phenoxy) is 3. The van der Waals surface area contributed by atoms with Crippen molar-refractivity contribution in [1.29, 1.82) is 0 Å². The van der Waals surface area contributed by atoms with Gasteiger partial charge >= 0.3 is 5.97 Å². The maximum atomic E-state index is 13.8. The van der Waals surface area contributed by atoms with Gasteiger partial charge in [0.2, 0.25) is 17.5 Å². The number of amides is 1. The highest BCUT2D eigenvalue weighted by Gasteiger charge is 2.63. The summed E-state index contributed by atoms with van der Waals surface area (Å²) in [6, 6.07) is 19.7. The number of aliphatic hydroxyl groups is 3. The predicted molar refractivity (Wildman–Crippen MR) is 235 cm³/mol. The van der Waals surface area contributed by atoms with Crippen LogP contribution in [0.5, 0.6) is 11.5 Å². The van der Waals surface area contributed by atoms with E-state index in [9.17, 15) is 39.9 Å². The van der Waals surface area contributed by atoms with Crippen LogP contribution in [0.4, 0.5) is 0 Å². The number of phenols is 1. The molecule has 9 N–H and O–H groups in total. The van der Waals surface area contributed by atoms with Crippen LogP contribution in [0.25, 0.3) is 28.2 Å². The molecule has 0 unspecified atom stereocenters. The van der Waals surface area contributed by atoms with Crippen LogP contribution in [-0.2, 0) is 20.7 Å². The fraction of sp³-hybridized carbons (Fsp3) is 0.356. The highest BCUT2D eigenvalue weighted by Crippen LogP contribution is 2.42. The summed E-state index contributed by atoms with van der Waals surface area (Å²) in [6.07, 6.45) is 0.0198. The highest BCUT2D eigenvalue weighted by molar-refractivity contribution is 8.76. The molecule has 2 aliphatic rings. The minimum absolute atomic E-state index is 0.0116. The van der Waals surface area contributed by atoms with Crippen molar-refractivity contribution < 1.29 is 53.7 Å². The first-order valence-corrected chi connectivity index (χ1v) is 22.6. The van der Waals surface area contributed by atoms with Gasteiger partial charge in [0.1, 0.15) is 41.5 Å². The number of aliphatic hydroxyl groups excluding tert-OH is 2. The summed E-state index contributed by atoms with van der Waals surface area (Å²) in [5.74, 6) is -2.90. The van der Waals surface area contributed by atoms with Crippen LogP contribution in [0.15, 0.2) is 100 Å². The maximum Gasteiger partial charge on any atom is 0.335 e. The number of aliphatic carboxylic acids is 1. The second-order valence-electron chi connectivity index (χ2n) is 15.4. The molecule has 328 valence electrons. The second-order valence-corrected chi connectivity index (χ2v) is 17.9. The summed E-state index contributed by atoms with van der Waals surface area (Å²) in [7, 11) is 2.83. The van der Waals surface area contributed by atoms with Gasteiger partial charge in [-0.15, -0.1) is 0 Å². The molecular formula is C45H49N3O12S2. The van der Waals surface area contributed by atoms with Gasteiger partial charge in [-0.1, -0.05) is 84.0 Å². The van der Waals surface area contributed by atoms with E-state index >= 15 is 0 Å². The number of hydrogen-bond acceptors (Lipinski definition) is 14. The third kappa shape index (κ3) is 9.30. The van der Waals surface area contributed by atoms with Gasteiger partial charge < -0.3 is 54.9 Å².